The average molecular weight is 319 g/mol. The van der Waals surface area contributed by atoms with Crippen molar-refractivity contribution in [1.29, 1.82) is 0 Å². The summed E-state index contributed by atoms with van der Waals surface area (Å²) in [6, 6.07) is 3.56. The SMILES string of the molecule is Cc1ccc2nsnc2c1NC(=O)N1CCC[C@H](C(N)=O)C1. The fraction of sp³-hybridized carbons (Fsp3) is 0.429. The summed E-state index contributed by atoms with van der Waals surface area (Å²) in [6.45, 7) is 2.91. The van der Waals surface area contributed by atoms with E-state index >= 15 is 0 Å². The van der Waals surface area contributed by atoms with Crippen LogP contribution in [0.4, 0.5) is 10.5 Å². The highest BCUT2D eigenvalue weighted by molar-refractivity contribution is 7.00. The van der Waals surface area contributed by atoms with Crippen LogP contribution in [-0.4, -0.2) is 38.7 Å². The number of hydrogen-bond acceptors (Lipinski definition) is 5. The molecule has 1 aliphatic heterocycles. The Hall–Kier alpha value is -2.22. The summed E-state index contributed by atoms with van der Waals surface area (Å²) in [4.78, 5) is 25.4. The van der Waals surface area contributed by atoms with Crippen molar-refractivity contribution in [1.82, 2.24) is 13.6 Å². The van der Waals surface area contributed by atoms with Crippen molar-refractivity contribution in [3.8, 4) is 0 Å². The number of rotatable bonds is 2. The van der Waals surface area contributed by atoms with E-state index in [-0.39, 0.29) is 17.9 Å². The molecule has 3 N–H and O–H groups in total. The molecule has 1 atom stereocenters. The lowest BCUT2D eigenvalue weighted by molar-refractivity contribution is -0.123. The number of likely N-dealkylation sites (tertiary alicyclic amines) is 1. The lowest BCUT2D eigenvalue weighted by atomic mass is 9.98. The van der Waals surface area contributed by atoms with E-state index in [0.29, 0.717) is 24.3 Å². The van der Waals surface area contributed by atoms with E-state index in [1.165, 1.54) is 0 Å². The fourth-order valence-corrected chi connectivity index (χ4v) is 3.23. The predicted octanol–water partition coefficient (Wildman–Crippen LogP) is 1.73. The van der Waals surface area contributed by atoms with Gasteiger partial charge in [-0.1, -0.05) is 6.07 Å². The van der Waals surface area contributed by atoms with Crippen LogP contribution in [0.3, 0.4) is 0 Å². The largest absolute Gasteiger partial charge is 0.369 e. The number of fused-ring (bicyclic) bond motifs is 1. The molecule has 1 fully saturated rings. The molecule has 0 saturated carbocycles. The van der Waals surface area contributed by atoms with Crippen LogP contribution in [0.2, 0.25) is 0 Å². The number of nitrogens with zero attached hydrogens (tertiary/aromatic N) is 3. The number of urea groups is 1. The Bertz CT molecular complexity index is 729. The van der Waals surface area contributed by atoms with Crippen LogP contribution in [0, 0.1) is 12.8 Å². The molecule has 3 rings (SSSR count). The summed E-state index contributed by atoms with van der Waals surface area (Å²) in [7, 11) is 0. The van der Waals surface area contributed by atoms with E-state index in [9.17, 15) is 9.59 Å². The quantitative estimate of drug-likeness (QED) is 0.880. The number of aryl methyl sites for hydroxylation is 1. The molecule has 1 aliphatic rings. The van der Waals surface area contributed by atoms with Crippen molar-refractivity contribution in [3.63, 3.8) is 0 Å². The van der Waals surface area contributed by atoms with Gasteiger partial charge in [-0.05, 0) is 31.4 Å². The number of benzene rings is 1. The molecule has 22 heavy (non-hydrogen) atoms. The van der Waals surface area contributed by atoms with Crippen LogP contribution in [0.15, 0.2) is 12.1 Å². The van der Waals surface area contributed by atoms with E-state index < -0.39 is 0 Å². The summed E-state index contributed by atoms with van der Waals surface area (Å²) in [5.74, 6) is -0.614. The molecular weight excluding hydrogens is 302 g/mol. The topological polar surface area (TPSA) is 101 Å². The van der Waals surface area contributed by atoms with Gasteiger partial charge in [0.2, 0.25) is 5.91 Å². The molecule has 2 heterocycles. The minimum Gasteiger partial charge on any atom is -0.369 e. The van der Waals surface area contributed by atoms with Gasteiger partial charge in [-0.2, -0.15) is 8.75 Å². The number of aromatic nitrogens is 2. The Morgan fingerprint density at radius 3 is 3.00 bits per heavy atom. The average Bonchev–Trinajstić information content (AvgIpc) is 2.99. The first kappa shape index (κ1) is 14.7. The van der Waals surface area contributed by atoms with E-state index in [0.717, 1.165) is 35.6 Å². The van der Waals surface area contributed by atoms with Crippen molar-refractivity contribution in [2.45, 2.75) is 19.8 Å². The van der Waals surface area contributed by atoms with Crippen molar-refractivity contribution in [3.05, 3.63) is 17.7 Å². The Morgan fingerprint density at radius 2 is 2.23 bits per heavy atom. The number of carbonyl (C=O) groups is 2. The van der Waals surface area contributed by atoms with Crippen molar-refractivity contribution >= 4 is 40.4 Å². The van der Waals surface area contributed by atoms with E-state index in [1.54, 1.807) is 4.90 Å². The zero-order valence-electron chi connectivity index (χ0n) is 12.2. The van der Waals surface area contributed by atoms with E-state index in [2.05, 4.69) is 14.1 Å². The summed E-state index contributed by atoms with van der Waals surface area (Å²) >= 11 is 1.12. The fourth-order valence-electron chi connectivity index (χ4n) is 2.69. The smallest absolute Gasteiger partial charge is 0.321 e. The third kappa shape index (κ3) is 2.74. The number of piperidine rings is 1. The lowest BCUT2D eigenvalue weighted by Gasteiger charge is -2.31. The van der Waals surface area contributed by atoms with Gasteiger partial charge < -0.3 is 16.0 Å². The predicted molar refractivity (Wildman–Crippen MR) is 84.7 cm³/mol. The first-order chi connectivity index (χ1) is 10.6. The highest BCUT2D eigenvalue weighted by Gasteiger charge is 2.27. The zero-order chi connectivity index (χ0) is 15.7. The first-order valence-electron chi connectivity index (χ1n) is 7.13. The van der Waals surface area contributed by atoms with Gasteiger partial charge in [0.05, 0.1) is 23.3 Å². The van der Waals surface area contributed by atoms with Crippen LogP contribution < -0.4 is 11.1 Å². The molecule has 1 aromatic carbocycles. The molecule has 0 spiro atoms. The normalized spacial score (nSPS) is 18.4. The van der Waals surface area contributed by atoms with Crippen molar-refractivity contribution < 1.29 is 9.59 Å². The molecule has 0 radical (unpaired) electrons. The second-order valence-electron chi connectivity index (χ2n) is 5.51. The molecular formula is C14H17N5O2S. The maximum atomic E-state index is 12.5. The van der Waals surface area contributed by atoms with Gasteiger partial charge in [-0.15, -0.1) is 0 Å². The second-order valence-corrected chi connectivity index (χ2v) is 6.04. The van der Waals surface area contributed by atoms with Gasteiger partial charge in [0.25, 0.3) is 0 Å². The number of nitrogens with one attached hydrogen (secondary N) is 1. The van der Waals surface area contributed by atoms with Gasteiger partial charge >= 0.3 is 6.03 Å². The van der Waals surface area contributed by atoms with Gasteiger partial charge in [0.15, 0.2) is 0 Å². The minimum absolute atomic E-state index is 0.227. The maximum absolute atomic E-state index is 12.5. The van der Waals surface area contributed by atoms with E-state index in [1.807, 2.05) is 19.1 Å². The Kier molecular flexibility index (Phi) is 3.93. The number of hydrogen-bond donors (Lipinski definition) is 2. The molecule has 8 heteroatoms. The van der Waals surface area contributed by atoms with Gasteiger partial charge in [-0.25, -0.2) is 4.79 Å². The molecule has 0 aliphatic carbocycles. The molecule has 116 valence electrons. The van der Waals surface area contributed by atoms with E-state index in [4.69, 9.17) is 5.73 Å². The first-order valence-corrected chi connectivity index (χ1v) is 7.86. The Labute approximate surface area is 131 Å². The number of anilines is 1. The van der Waals surface area contributed by atoms with Crippen LogP contribution in [0.25, 0.3) is 11.0 Å². The van der Waals surface area contributed by atoms with Crippen LogP contribution >= 0.6 is 11.7 Å². The highest BCUT2D eigenvalue weighted by Crippen LogP contribution is 2.26. The molecule has 0 unspecified atom stereocenters. The molecule has 1 aromatic heterocycles. The Morgan fingerprint density at radius 1 is 1.41 bits per heavy atom. The second kappa shape index (κ2) is 5.88. The van der Waals surface area contributed by atoms with Crippen molar-refractivity contribution in [2.75, 3.05) is 18.4 Å². The summed E-state index contributed by atoms with van der Waals surface area (Å²) in [5.41, 5.74) is 8.42. The third-order valence-corrected chi connectivity index (χ3v) is 4.52. The Balaban J connectivity index is 1.79. The summed E-state index contributed by atoms with van der Waals surface area (Å²) < 4.78 is 8.42. The summed E-state index contributed by atoms with van der Waals surface area (Å²) in [5, 5.41) is 2.91. The number of amides is 3. The molecule has 1 saturated heterocycles. The minimum atomic E-state index is -0.348. The molecule has 3 amide bonds. The highest BCUT2D eigenvalue weighted by atomic mass is 32.1. The molecule has 7 nitrogen and oxygen atoms in total. The molecule has 0 bridgehead atoms. The number of nitrogens with two attached hydrogens (primary N) is 1. The number of carbonyl (C=O) groups excluding carboxylic acids is 2. The van der Waals surface area contributed by atoms with Crippen LogP contribution in [0.5, 0.6) is 0 Å². The third-order valence-electron chi connectivity index (χ3n) is 3.98. The maximum Gasteiger partial charge on any atom is 0.321 e. The van der Waals surface area contributed by atoms with Crippen LogP contribution in [0.1, 0.15) is 18.4 Å². The van der Waals surface area contributed by atoms with Crippen molar-refractivity contribution in [2.24, 2.45) is 11.7 Å². The monoisotopic (exact) mass is 319 g/mol. The summed E-state index contributed by atoms with van der Waals surface area (Å²) in [6.07, 6.45) is 1.52. The van der Waals surface area contributed by atoms with Gasteiger partial charge in [0.1, 0.15) is 11.0 Å². The van der Waals surface area contributed by atoms with Gasteiger partial charge in [0, 0.05) is 13.1 Å². The van der Waals surface area contributed by atoms with Crippen LogP contribution in [-0.2, 0) is 4.79 Å². The zero-order valence-corrected chi connectivity index (χ0v) is 13.0. The number of primary amides is 1. The standard InChI is InChI=1S/C14H17N5O2S/c1-8-4-5-10-12(18-22-17-10)11(8)16-14(21)19-6-2-3-9(7-19)13(15)20/h4-5,9H,2-3,6-7H2,1H3,(H2,15,20)(H,16,21)/t9-/m0/s1. The molecule has 2 aromatic rings. The van der Waals surface area contributed by atoms with Gasteiger partial charge in [-0.3, -0.25) is 4.79 Å². The lowest BCUT2D eigenvalue weighted by Crippen LogP contribution is -2.45.